The van der Waals surface area contributed by atoms with E-state index in [0.717, 1.165) is 6.07 Å². The molecule has 0 saturated heterocycles. The van der Waals surface area contributed by atoms with Crippen LogP contribution >= 0.6 is 27.5 Å². The van der Waals surface area contributed by atoms with E-state index in [9.17, 15) is 14.9 Å². The van der Waals surface area contributed by atoms with Gasteiger partial charge in [-0.1, -0.05) is 11.6 Å². The molecule has 0 saturated carbocycles. The van der Waals surface area contributed by atoms with Crippen molar-refractivity contribution in [2.24, 2.45) is 5.73 Å². The number of nitro benzene ring substituents is 1. The van der Waals surface area contributed by atoms with Gasteiger partial charge in [0.25, 0.3) is 0 Å². The van der Waals surface area contributed by atoms with E-state index in [0.29, 0.717) is 0 Å². The molecule has 7 heteroatoms. The van der Waals surface area contributed by atoms with Crippen LogP contribution in [-0.2, 0) is 0 Å². The Labute approximate surface area is 92.1 Å². The van der Waals surface area contributed by atoms with Crippen molar-refractivity contribution < 1.29 is 9.72 Å². The largest absolute Gasteiger partial charge is 0.366 e. The predicted molar refractivity (Wildman–Crippen MR) is 54.3 cm³/mol. The van der Waals surface area contributed by atoms with Crippen LogP contribution in [-0.4, -0.2) is 10.8 Å². The van der Waals surface area contributed by atoms with E-state index < -0.39 is 10.8 Å². The molecule has 0 unspecified atom stereocenters. The van der Waals surface area contributed by atoms with Gasteiger partial charge in [-0.25, -0.2) is 0 Å². The summed E-state index contributed by atoms with van der Waals surface area (Å²) in [5, 5.41) is 10.4. The highest BCUT2D eigenvalue weighted by atomic mass is 79.9. The summed E-state index contributed by atoms with van der Waals surface area (Å²) in [7, 11) is 0. The first-order valence-corrected chi connectivity index (χ1v) is 4.54. The average molecular weight is 279 g/mol. The zero-order valence-electron chi connectivity index (χ0n) is 6.66. The van der Waals surface area contributed by atoms with Crippen LogP contribution in [0.5, 0.6) is 0 Å². The fourth-order valence-corrected chi connectivity index (χ4v) is 1.89. The first-order valence-electron chi connectivity index (χ1n) is 3.36. The summed E-state index contributed by atoms with van der Waals surface area (Å²) in [6, 6.07) is 2.42. The number of carbonyl (C=O) groups excluding carboxylic acids is 1. The van der Waals surface area contributed by atoms with Gasteiger partial charge >= 0.3 is 5.69 Å². The standard InChI is InChI=1S/C7H4BrClN2O3/c8-4-1-3(7(10)12)2-5(9)6(4)11(13)14/h1-2H,(H2,10,12). The van der Waals surface area contributed by atoms with Crippen molar-refractivity contribution in [2.45, 2.75) is 0 Å². The van der Waals surface area contributed by atoms with Gasteiger partial charge in [-0.3, -0.25) is 14.9 Å². The second kappa shape index (κ2) is 3.93. The lowest BCUT2D eigenvalue weighted by atomic mass is 10.2. The van der Waals surface area contributed by atoms with Crippen molar-refractivity contribution in [3.8, 4) is 0 Å². The number of nitro groups is 1. The summed E-state index contributed by atoms with van der Waals surface area (Å²) in [5.41, 5.74) is 4.83. The molecule has 1 aromatic carbocycles. The Morgan fingerprint density at radius 1 is 1.57 bits per heavy atom. The second-order valence-corrected chi connectivity index (χ2v) is 3.67. The summed E-state index contributed by atoms with van der Waals surface area (Å²) in [6.45, 7) is 0. The number of amides is 1. The van der Waals surface area contributed by atoms with Gasteiger partial charge in [-0.05, 0) is 28.1 Å². The molecule has 1 aromatic rings. The van der Waals surface area contributed by atoms with Gasteiger partial charge in [0.2, 0.25) is 5.91 Å². The Morgan fingerprint density at radius 3 is 2.50 bits per heavy atom. The molecule has 0 spiro atoms. The van der Waals surface area contributed by atoms with Crippen LogP contribution in [0.25, 0.3) is 0 Å². The molecule has 1 rings (SSSR count). The van der Waals surface area contributed by atoms with Gasteiger partial charge in [0.1, 0.15) is 5.02 Å². The molecular weight excluding hydrogens is 275 g/mol. The molecule has 1 amide bonds. The number of benzene rings is 1. The van der Waals surface area contributed by atoms with Gasteiger partial charge in [-0.15, -0.1) is 0 Å². The highest BCUT2D eigenvalue weighted by molar-refractivity contribution is 9.10. The normalized spacial score (nSPS) is 9.86. The van der Waals surface area contributed by atoms with Crippen LogP contribution in [0.1, 0.15) is 10.4 Å². The van der Waals surface area contributed by atoms with Gasteiger partial charge in [0, 0.05) is 5.56 Å². The van der Waals surface area contributed by atoms with Crippen LogP contribution in [0, 0.1) is 10.1 Å². The van der Waals surface area contributed by atoms with Crippen LogP contribution in [0.2, 0.25) is 5.02 Å². The maximum Gasteiger partial charge on any atom is 0.301 e. The number of hydrogen-bond donors (Lipinski definition) is 1. The minimum absolute atomic E-state index is 0.118. The van der Waals surface area contributed by atoms with E-state index in [-0.39, 0.29) is 20.7 Å². The molecule has 0 bridgehead atoms. The zero-order valence-corrected chi connectivity index (χ0v) is 9.00. The molecule has 0 radical (unpaired) electrons. The minimum Gasteiger partial charge on any atom is -0.366 e. The predicted octanol–water partition coefficient (Wildman–Crippen LogP) is 2.11. The molecule has 0 aliphatic carbocycles. The molecule has 2 N–H and O–H groups in total. The molecule has 0 heterocycles. The SMILES string of the molecule is NC(=O)c1cc(Cl)c([N+](=O)[O-])c(Br)c1. The molecule has 5 nitrogen and oxygen atoms in total. The summed E-state index contributed by atoms with van der Waals surface area (Å²) < 4.78 is 0.129. The number of nitrogens with zero attached hydrogens (tertiary/aromatic N) is 1. The first kappa shape index (κ1) is 10.9. The van der Waals surface area contributed by atoms with Gasteiger partial charge in [-0.2, -0.15) is 0 Å². The highest BCUT2D eigenvalue weighted by Gasteiger charge is 2.19. The number of halogens is 2. The maximum absolute atomic E-state index is 10.8. The van der Waals surface area contributed by atoms with E-state index in [2.05, 4.69) is 15.9 Å². The van der Waals surface area contributed by atoms with E-state index in [1.807, 2.05) is 0 Å². The number of rotatable bonds is 2. The van der Waals surface area contributed by atoms with Crippen molar-refractivity contribution in [1.82, 2.24) is 0 Å². The smallest absolute Gasteiger partial charge is 0.301 e. The van der Waals surface area contributed by atoms with Gasteiger partial charge in [0.05, 0.1) is 9.40 Å². The molecule has 0 atom stereocenters. The zero-order chi connectivity index (χ0) is 10.9. The molecule has 0 fully saturated rings. The Morgan fingerprint density at radius 2 is 2.14 bits per heavy atom. The van der Waals surface area contributed by atoms with Crippen LogP contribution in [0.4, 0.5) is 5.69 Å². The number of primary amides is 1. The van der Waals surface area contributed by atoms with Crippen molar-refractivity contribution in [2.75, 3.05) is 0 Å². The quantitative estimate of drug-likeness (QED) is 0.664. The van der Waals surface area contributed by atoms with E-state index in [1.165, 1.54) is 6.07 Å². The Kier molecular flexibility index (Phi) is 3.07. The molecule has 0 aliphatic rings. The minimum atomic E-state index is -0.692. The van der Waals surface area contributed by atoms with Gasteiger partial charge in [0.15, 0.2) is 0 Å². The molecule has 0 aliphatic heterocycles. The first-order chi connectivity index (χ1) is 6.43. The van der Waals surface area contributed by atoms with E-state index >= 15 is 0 Å². The van der Waals surface area contributed by atoms with Crippen molar-refractivity contribution in [3.05, 3.63) is 37.3 Å². The molecule has 14 heavy (non-hydrogen) atoms. The monoisotopic (exact) mass is 278 g/mol. The summed E-state index contributed by atoms with van der Waals surface area (Å²) >= 11 is 8.53. The second-order valence-electron chi connectivity index (χ2n) is 2.41. The Bertz CT molecular complexity index is 398. The number of carbonyl (C=O) groups is 1. The van der Waals surface area contributed by atoms with Crippen molar-refractivity contribution in [1.29, 1.82) is 0 Å². The van der Waals surface area contributed by atoms with Gasteiger partial charge < -0.3 is 5.73 Å². The van der Waals surface area contributed by atoms with Crippen molar-refractivity contribution in [3.63, 3.8) is 0 Å². The van der Waals surface area contributed by atoms with Crippen LogP contribution in [0.15, 0.2) is 16.6 Å². The molecule has 74 valence electrons. The fourth-order valence-electron chi connectivity index (χ4n) is 0.882. The molecular formula is C7H4BrClN2O3. The Balaban J connectivity index is 3.39. The summed E-state index contributed by atoms with van der Waals surface area (Å²) in [6.07, 6.45) is 0. The van der Waals surface area contributed by atoms with E-state index in [4.69, 9.17) is 17.3 Å². The number of nitrogens with two attached hydrogens (primary N) is 1. The number of hydrogen-bond acceptors (Lipinski definition) is 3. The third-order valence-corrected chi connectivity index (χ3v) is 2.38. The lowest BCUT2D eigenvalue weighted by Gasteiger charge is -2.00. The third kappa shape index (κ3) is 2.02. The topological polar surface area (TPSA) is 86.2 Å². The average Bonchev–Trinajstić information content (AvgIpc) is 2.01. The molecule has 0 aromatic heterocycles. The van der Waals surface area contributed by atoms with Crippen LogP contribution < -0.4 is 5.73 Å². The summed E-state index contributed by atoms with van der Waals surface area (Å²) in [5.74, 6) is -0.692. The summed E-state index contributed by atoms with van der Waals surface area (Å²) in [4.78, 5) is 20.6. The van der Waals surface area contributed by atoms with Crippen LogP contribution in [0.3, 0.4) is 0 Å². The van der Waals surface area contributed by atoms with E-state index in [1.54, 1.807) is 0 Å². The van der Waals surface area contributed by atoms with Crippen molar-refractivity contribution >= 4 is 39.1 Å². The third-order valence-electron chi connectivity index (χ3n) is 1.48. The highest BCUT2D eigenvalue weighted by Crippen LogP contribution is 2.33. The lowest BCUT2D eigenvalue weighted by molar-refractivity contribution is -0.385. The lowest BCUT2D eigenvalue weighted by Crippen LogP contribution is -2.11. The Hall–Kier alpha value is -1.14. The fraction of sp³-hybridized carbons (Fsp3) is 0. The maximum atomic E-state index is 10.8.